The Morgan fingerprint density at radius 2 is 2.06 bits per heavy atom. The number of hydrogen-bond acceptors (Lipinski definition) is 3. The maximum absolute atomic E-state index is 11.5. The molecule has 0 aliphatic rings. The van der Waals surface area contributed by atoms with Crippen molar-refractivity contribution in [3.8, 4) is 0 Å². The summed E-state index contributed by atoms with van der Waals surface area (Å²) in [5.74, 6) is 0.0279. The molecule has 1 rings (SSSR count). The highest BCUT2D eigenvalue weighted by molar-refractivity contribution is 5.91. The Kier molecular flexibility index (Phi) is 4.95. The highest BCUT2D eigenvalue weighted by Crippen LogP contribution is 2.01. The minimum Gasteiger partial charge on any atom is -0.459 e. The van der Waals surface area contributed by atoms with Gasteiger partial charge in [0.25, 0.3) is 5.91 Å². The zero-order valence-electron chi connectivity index (χ0n) is 11.1. The third-order valence-corrected chi connectivity index (χ3v) is 2.13. The van der Waals surface area contributed by atoms with Crippen LogP contribution in [0.1, 0.15) is 44.2 Å². The highest BCUT2D eigenvalue weighted by Gasteiger charge is 2.13. The molecule has 0 unspecified atom stereocenters. The molecule has 1 heterocycles. The van der Waals surface area contributed by atoms with Crippen LogP contribution in [0.3, 0.4) is 0 Å². The van der Waals surface area contributed by atoms with Crippen molar-refractivity contribution in [3.05, 3.63) is 24.2 Å². The second-order valence-corrected chi connectivity index (χ2v) is 5.13. The maximum Gasteiger partial charge on any atom is 0.286 e. The second kappa shape index (κ2) is 6.23. The molecule has 5 heteroatoms. The lowest BCUT2D eigenvalue weighted by Gasteiger charge is -2.20. The number of carbonyl (C=O) groups excluding carboxylic acids is 2. The van der Waals surface area contributed by atoms with E-state index < -0.39 is 0 Å². The molecule has 18 heavy (non-hydrogen) atoms. The Morgan fingerprint density at radius 1 is 1.33 bits per heavy atom. The van der Waals surface area contributed by atoms with Crippen LogP contribution >= 0.6 is 0 Å². The van der Waals surface area contributed by atoms with Gasteiger partial charge in [0.2, 0.25) is 5.91 Å². The number of furan rings is 1. The average molecular weight is 252 g/mol. The van der Waals surface area contributed by atoms with E-state index >= 15 is 0 Å². The van der Waals surface area contributed by atoms with Gasteiger partial charge < -0.3 is 15.1 Å². The third kappa shape index (κ3) is 5.52. The number of nitrogens with one attached hydrogen (secondary N) is 2. The molecule has 5 nitrogen and oxygen atoms in total. The Labute approximate surface area is 107 Å². The van der Waals surface area contributed by atoms with Gasteiger partial charge >= 0.3 is 0 Å². The largest absolute Gasteiger partial charge is 0.459 e. The Bertz CT molecular complexity index is 391. The fraction of sp³-hybridized carbons (Fsp3) is 0.538. The van der Waals surface area contributed by atoms with Gasteiger partial charge in [0.15, 0.2) is 5.76 Å². The van der Waals surface area contributed by atoms with E-state index in [0.717, 1.165) is 0 Å². The predicted octanol–water partition coefficient (Wildman–Crippen LogP) is 1.70. The minimum absolute atomic E-state index is 0.00486. The van der Waals surface area contributed by atoms with E-state index in [-0.39, 0.29) is 23.1 Å². The van der Waals surface area contributed by atoms with E-state index in [1.807, 2.05) is 20.8 Å². The maximum atomic E-state index is 11.5. The van der Waals surface area contributed by atoms with Crippen LogP contribution in [0.15, 0.2) is 22.8 Å². The monoisotopic (exact) mass is 252 g/mol. The third-order valence-electron chi connectivity index (χ3n) is 2.13. The molecule has 0 aromatic carbocycles. The summed E-state index contributed by atoms with van der Waals surface area (Å²) >= 11 is 0. The fourth-order valence-electron chi connectivity index (χ4n) is 1.43. The van der Waals surface area contributed by atoms with E-state index in [1.54, 1.807) is 12.1 Å². The molecule has 0 fully saturated rings. The Balaban J connectivity index is 2.16. The van der Waals surface area contributed by atoms with Crippen LogP contribution in [-0.2, 0) is 4.79 Å². The molecule has 1 aromatic heterocycles. The summed E-state index contributed by atoms with van der Waals surface area (Å²) in [5.41, 5.74) is -0.214. The summed E-state index contributed by atoms with van der Waals surface area (Å²) in [4.78, 5) is 23.0. The summed E-state index contributed by atoms with van der Waals surface area (Å²) in [6.07, 6.45) is 2.45. The molecular formula is C13H20N2O3. The van der Waals surface area contributed by atoms with E-state index in [0.29, 0.717) is 19.4 Å². The van der Waals surface area contributed by atoms with Gasteiger partial charge in [0.1, 0.15) is 0 Å². The van der Waals surface area contributed by atoms with Crippen molar-refractivity contribution in [2.75, 3.05) is 6.54 Å². The van der Waals surface area contributed by atoms with Gasteiger partial charge in [-0.05, 0) is 39.3 Å². The first kappa shape index (κ1) is 14.3. The van der Waals surface area contributed by atoms with Gasteiger partial charge in [0.05, 0.1) is 6.26 Å². The van der Waals surface area contributed by atoms with Crippen LogP contribution < -0.4 is 10.6 Å². The smallest absolute Gasteiger partial charge is 0.286 e. The highest BCUT2D eigenvalue weighted by atomic mass is 16.3. The van der Waals surface area contributed by atoms with Gasteiger partial charge in [-0.2, -0.15) is 0 Å². The Morgan fingerprint density at radius 3 is 2.61 bits per heavy atom. The molecule has 0 radical (unpaired) electrons. The van der Waals surface area contributed by atoms with Crippen LogP contribution in [0.5, 0.6) is 0 Å². The summed E-state index contributed by atoms with van der Waals surface area (Å²) in [6.45, 7) is 6.26. The first-order chi connectivity index (χ1) is 8.38. The summed E-state index contributed by atoms with van der Waals surface area (Å²) in [6, 6.07) is 3.26. The lowest BCUT2D eigenvalue weighted by Crippen LogP contribution is -2.40. The van der Waals surface area contributed by atoms with Gasteiger partial charge in [-0.25, -0.2) is 0 Å². The summed E-state index contributed by atoms with van der Waals surface area (Å²) < 4.78 is 4.95. The topological polar surface area (TPSA) is 71.3 Å². The van der Waals surface area contributed by atoms with Crippen LogP contribution in [0, 0.1) is 0 Å². The van der Waals surface area contributed by atoms with Gasteiger partial charge in [-0.3, -0.25) is 9.59 Å². The average Bonchev–Trinajstić information content (AvgIpc) is 2.74. The molecule has 100 valence electrons. The van der Waals surface area contributed by atoms with Crippen molar-refractivity contribution in [1.82, 2.24) is 10.6 Å². The predicted molar refractivity (Wildman–Crippen MR) is 68.2 cm³/mol. The molecule has 0 aliphatic heterocycles. The summed E-state index contributed by atoms with van der Waals surface area (Å²) in [5, 5.41) is 5.56. The van der Waals surface area contributed by atoms with E-state index in [1.165, 1.54) is 6.26 Å². The molecule has 0 bridgehead atoms. The lowest BCUT2D eigenvalue weighted by atomic mass is 10.1. The van der Waals surface area contributed by atoms with Crippen molar-refractivity contribution in [2.45, 2.75) is 39.2 Å². The molecule has 2 N–H and O–H groups in total. The number of carbonyl (C=O) groups is 2. The molecule has 0 atom stereocenters. The van der Waals surface area contributed by atoms with Crippen LogP contribution in [0.25, 0.3) is 0 Å². The number of hydrogen-bond donors (Lipinski definition) is 2. The zero-order valence-corrected chi connectivity index (χ0v) is 11.1. The van der Waals surface area contributed by atoms with Crippen molar-refractivity contribution in [2.24, 2.45) is 0 Å². The first-order valence-corrected chi connectivity index (χ1v) is 6.01. The quantitative estimate of drug-likeness (QED) is 0.783. The van der Waals surface area contributed by atoms with Crippen molar-refractivity contribution < 1.29 is 14.0 Å². The second-order valence-electron chi connectivity index (χ2n) is 5.13. The molecule has 0 saturated carbocycles. The molecule has 0 aliphatic carbocycles. The fourth-order valence-corrected chi connectivity index (χ4v) is 1.43. The molecule has 2 amide bonds. The van der Waals surface area contributed by atoms with E-state index in [9.17, 15) is 9.59 Å². The lowest BCUT2D eigenvalue weighted by molar-refractivity contribution is -0.122. The van der Waals surface area contributed by atoms with E-state index in [4.69, 9.17) is 4.42 Å². The first-order valence-electron chi connectivity index (χ1n) is 6.01. The zero-order chi connectivity index (χ0) is 13.6. The van der Waals surface area contributed by atoms with Crippen LogP contribution in [0.2, 0.25) is 0 Å². The van der Waals surface area contributed by atoms with Crippen molar-refractivity contribution in [1.29, 1.82) is 0 Å². The normalized spacial score (nSPS) is 11.1. The number of rotatable bonds is 5. The molecule has 0 spiro atoms. The standard InChI is InChI=1S/C13H20N2O3/c1-13(2,3)15-11(16)7-4-8-14-12(17)10-6-5-9-18-10/h5-6,9H,4,7-8H2,1-3H3,(H,14,17)(H,15,16). The van der Waals surface area contributed by atoms with Gasteiger partial charge in [0, 0.05) is 18.5 Å². The van der Waals surface area contributed by atoms with Crippen LogP contribution in [-0.4, -0.2) is 23.9 Å². The van der Waals surface area contributed by atoms with Crippen molar-refractivity contribution >= 4 is 11.8 Å². The number of amides is 2. The SMILES string of the molecule is CC(C)(C)NC(=O)CCCNC(=O)c1ccco1. The molecular weight excluding hydrogens is 232 g/mol. The Hall–Kier alpha value is -1.78. The summed E-state index contributed by atoms with van der Waals surface area (Å²) in [7, 11) is 0. The van der Waals surface area contributed by atoms with Gasteiger partial charge in [-0.1, -0.05) is 0 Å². The van der Waals surface area contributed by atoms with Crippen molar-refractivity contribution in [3.63, 3.8) is 0 Å². The molecule has 0 saturated heterocycles. The van der Waals surface area contributed by atoms with Gasteiger partial charge in [-0.15, -0.1) is 0 Å². The minimum atomic E-state index is -0.253. The molecule has 1 aromatic rings. The van der Waals surface area contributed by atoms with Crippen LogP contribution in [0.4, 0.5) is 0 Å². The van der Waals surface area contributed by atoms with E-state index in [2.05, 4.69) is 10.6 Å².